The average Bonchev–Trinajstić information content (AvgIpc) is 2.82. The normalized spacial score (nSPS) is 25.8. The highest BCUT2D eigenvalue weighted by Gasteiger charge is 2.30. The van der Waals surface area contributed by atoms with Crippen LogP contribution in [0.15, 0.2) is 22.7 Å². The van der Waals surface area contributed by atoms with Gasteiger partial charge in [-0.3, -0.25) is 0 Å². The van der Waals surface area contributed by atoms with E-state index in [1.54, 1.807) is 5.56 Å². The standard InChI is InChI=1S/C13H16BrN/c14-11-5-6-12-10(7-11)8-15-13(12)9-3-1-2-4-9/h5-7,9,13,15H,1-4,8H2. The second-order valence-corrected chi connectivity index (χ2v) is 5.66. The van der Waals surface area contributed by atoms with Gasteiger partial charge in [-0.05, 0) is 42.0 Å². The van der Waals surface area contributed by atoms with Crippen molar-refractivity contribution in [2.24, 2.45) is 5.92 Å². The molecule has 1 aromatic rings. The zero-order chi connectivity index (χ0) is 10.3. The minimum Gasteiger partial charge on any atom is -0.306 e. The first-order valence-corrected chi connectivity index (χ1v) is 6.65. The summed E-state index contributed by atoms with van der Waals surface area (Å²) in [5, 5.41) is 3.67. The summed E-state index contributed by atoms with van der Waals surface area (Å²) in [5.41, 5.74) is 3.03. The van der Waals surface area contributed by atoms with Crippen molar-refractivity contribution in [1.29, 1.82) is 0 Å². The van der Waals surface area contributed by atoms with Crippen LogP contribution in [-0.2, 0) is 6.54 Å². The Morgan fingerprint density at radius 1 is 1.20 bits per heavy atom. The maximum Gasteiger partial charge on any atom is 0.0354 e. The van der Waals surface area contributed by atoms with E-state index in [1.165, 1.54) is 35.7 Å². The zero-order valence-electron chi connectivity index (χ0n) is 8.80. The molecule has 15 heavy (non-hydrogen) atoms. The molecule has 1 aromatic carbocycles. The molecule has 0 amide bonds. The number of benzene rings is 1. The lowest BCUT2D eigenvalue weighted by Gasteiger charge is -2.19. The van der Waals surface area contributed by atoms with Gasteiger partial charge < -0.3 is 5.32 Å². The Balaban J connectivity index is 1.90. The van der Waals surface area contributed by atoms with Gasteiger partial charge in [0.15, 0.2) is 0 Å². The first kappa shape index (κ1) is 9.86. The second kappa shape index (κ2) is 3.91. The number of rotatable bonds is 1. The lowest BCUT2D eigenvalue weighted by atomic mass is 9.92. The molecule has 3 rings (SSSR count). The molecule has 2 heteroatoms. The van der Waals surface area contributed by atoms with Gasteiger partial charge in [0.05, 0.1) is 0 Å². The monoisotopic (exact) mass is 265 g/mol. The van der Waals surface area contributed by atoms with Crippen LogP contribution in [0.1, 0.15) is 42.9 Å². The van der Waals surface area contributed by atoms with Crippen LogP contribution >= 0.6 is 15.9 Å². The molecule has 0 saturated heterocycles. The fourth-order valence-electron chi connectivity index (χ4n) is 3.07. The second-order valence-electron chi connectivity index (χ2n) is 4.75. The number of halogens is 1. The number of hydrogen-bond donors (Lipinski definition) is 1. The van der Waals surface area contributed by atoms with Crippen molar-refractivity contribution in [3.8, 4) is 0 Å². The van der Waals surface area contributed by atoms with Gasteiger partial charge in [-0.25, -0.2) is 0 Å². The van der Waals surface area contributed by atoms with Gasteiger partial charge in [0.25, 0.3) is 0 Å². The van der Waals surface area contributed by atoms with E-state index in [4.69, 9.17) is 0 Å². The molecule has 1 aliphatic carbocycles. The Bertz CT molecular complexity index is 369. The smallest absolute Gasteiger partial charge is 0.0354 e. The van der Waals surface area contributed by atoms with E-state index in [2.05, 4.69) is 39.4 Å². The van der Waals surface area contributed by atoms with Crippen LogP contribution in [0.3, 0.4) is 0 Å². The Kier molecular flexibility index (Phi) is 2.57. The number of hydrogen-bond acceptors (Lipinski definition) is 1. The summed E-state index contributed by atoms with van der Waals surface area (Å²) in [6.07, 6.45) is 5.67. The molecular weight excluding hydrogens is 250 g/mol. The molecule has 0 spiro atoms. The summed E-state index contributed by atoms with van der Waals surface area (Å²) in [7, 11) is 0. The van der Waals surface area contributed by atoms with Gasteiger partial charge in [0.2, 0.25) is 0 Å². The summed E-state index contributed by atoms with van der Waals surface area (Å²) in [4.78, 5) is 0. The number of fused-ring (bicyclic) bond motifs is 1. The number of nitrogens with one attached hydrogen (secondary N) is 1. The van der Waals surface area contributed by atoms with Crippen molar-refractivity contribution in [3.05, 3.63) is 33.8 Å². The highest BCUT2D eigenvalue weighted by Crippen LogP contribution is 2.40. The fourth-order valence-corrected chi connectivity index (χ4v) is 3.48. The molecule has 0 aromatic heterocycles. The maximum atomic E-state index is 3.67. The Morgan fingerprint density at radius 3 is 2.80 bits per heavy atom. The van der Waals surface area contributed by atoms with Crippen molar-refractivity contribution in [2.75, 3.05) is 0 Å². The minimum atomic E-state index is 0.635. The third kappa shape index (κ3) is 1.74. The lowest BCUT2D eigenvalue weighted by Crippen LogP contribution is -2.19. The van der Waals surface area contributed by atoms with Gasteiger partial charge in [0, 0.05) is 17.1 Å². The van der Waals surface area contributed by atoms with Gasteiger partial charge >= 0.3 is 0 Å². The molecule has 2 aliphatic rings. The third-order valence-electron chi connectivity index (χ3n) is 3.82. The van der Waals surface area contributed by atoms with E-state index >= 15 is 0 Å². The van der Waals surface area contributed by atoms with Crippen LogP contribution in [0.4, 0.5) is 0 Å². The highest BCUT2D eigenvalue weighted by molar-refractivity contribution is 9.10. The molecule has 1 fully saturated rings. The van der Waals surface area contributed by atoms with Crippen LogP contribution in [0, 0.1) is 5.92 Å². The Hall–Kier alpha value is -0.340. The van der Waals surface area contributed by atoms with Gasteiger partial charge in [0.1, 0.15) is 0 Å². The van der Waals surface area contributed by atoms with E-state index in [-0.39, 0.29) is 0 Å². The van der Waals surface area contributed by atoms with E-state index in [0.29, 0.717) is 6.04 Å². The maximum absolute atomic E-state index is 3.67. The summed E-state index contributed by atoms with van der Waals surface area (Å²) < 4.78 is 1.20. The first-order chi connectivity index (χ1) is 7.34. The van der Waals surface area contributed by atoms with Crippen LogP contribution in [0.2, 0.25) is 0 Å². The van der Waals surface area contributed by atoms with E-state index < -0.39 is 0 Å². The molecule has 1 unspecified atom stereocenters. The van der Waals surface area contributed by atoms with E-state index in [0.717, 1.165) is 12.5 Å². The fraction of sp³-hybridized carbons (Fsp3) is 0.538. The molecular formula is C13H16BrN. The van der Waals surface area contributed by atoms with Crippen molar-refractivity contribution in [3.63, 3.8) is 0 Å². The van der Waals surface area contributed by atoms with Crippen molar-refractivity contribution < 1.29 is 0 Å². The van der Waals surface area contributed by atoms with Crippen molar-refractivity contribution >= 4 is 15.9 Å². The lowest BCUT2D eigenvalue weighted by molar-refractivity contribution is 0.390. The summed E-state index contributed by atoms with van der Waals surface area (Å²) in [6, 6.07) is 7.36. The van der Waals surface area contributed by atoms with E-state index in [9.17, 15) is 0 Å². The van der Waals surface area contributed by atoms with E-state index in [1.807, 2.05) is 0 Å². The van der Waals surface area contributed by atoms with Crippen LogP contribution in [-0.4, -0.2) is 0 Å². The molecule has 0 radical (unpaired) electrons. The predicted octanol–water partition coefficient (Wildman–Crippen LogP) is 3.78. The van der Waals surface area contributed by atoms with Crippen molar-refractivity contribution in [1.82, 2.24) is 5.32 Å². The zero-order valence-corrected chi connectivity index (χ0v) is 10.4. The third-order valence-corrected chi connectivity index (χ3v) is 4.32. The molecule has 1 atom stereocenters. The topological polar surface area (TPSA) is 12.0 Å². The van der Waals surface area contributed by atoms with Gasteiger partial charge in [-0.2, -0.15) is 0 Å². The van der Waals surface area contributed by atoms with Gasteiger partial charge in [-0.1, -0.05) is 34.8 Å². The SMILES string of the molecule is Brc1ccc2c(c1)CNC2C1CCCC1. The molecule has 0 bridgehead atoms. The van der Waals surface area contributed by atoms with Crippen LogP contribution in [0.25, 0.3) is 0 Å². The molecule has 1 heterocycles. The molecule has 1 aliphatic heterocycles. The van der Waals surface area contributed by atoms with Crippen LogP contribution < -0.4 is 5.32 Å². The molecule has 1 nitrogen and oxygen atoms in total. The minimum absolute atomic E-state index is 0.635. The summed E-state index contributed by atoms with van der Waals surface area (Å²) in [6.45, 7) is 1.05. The summed E-state index contributed by atoms with van der Waals surface area (Å²) >= 11 is 3.54. The van der Waals surface area contributed by atoms with Crippen LogP contribution in [0.5, 0.6) is 0 Å². The van der Waals surface area contributed by atoms with Gasteiger partial charge in [-0.15, -0.1) is 0 Å². The quantitative estimate of drug-likeness (QED) is 0.815. The Morgan fingerprint density at radius 2 is 2.00 bits per heavy atom. The molecule has 1 saturated carbocycles. The largest absolute Gasteiger partial charge is 0.306 e. The Labute approximate surface area is 99.4 Å². The molecule has 80 valence electrons. The summed E-state index contributed by atoms with van der Waals surface area (Å²) in [5.74, 6) is 0.882. The van der Waals surface area contributed by atoms with Crippen molar-refractivity contribution in [2.45, 2.75) is 38.3 Å². The first-order valence-electron chi connectivity index (χ1n) is 5.86. The predicted molar refractivity (Wildman–Crippen MR) is 65.7 cm³/mol. The highest BCUT2D eigenvalue weighted by atomic mass is 79.9. The average molecular weight is 266 g/mol. The molecule has 1 N–H and O–H groups in total.